The first-order valence-corrected chi connectivity index (χ1v) is 6.42. The Morgan fingerprint density at radius 1 is 1.50 bits per heavy atom. The molecule has 5 nitrogen and oxygen atoms in total. The van der Waals surface area contributed by atoms with Crippen LogP contribution in [0.15, 0.2) is 30.3 Å². The van der Waals surface area contributed by atoms with Gasteiger partial charge in [0.15, 0.2) is 0 Å². The second-order valence-corrected chi connectivity index (χ2v) is 4.99. The molecule has 1 amide bonds. The molecular weight excluding hydrogens is 280 g/mol. The zero-order valence-electron chi connectivity index (χ0n) is 11.5. The lowest BCUT2D eigenvalue weighted by Crippen LogP contribution is -2.56. The third kappa shape index (κ3) is 3.49. The lowest BCUT2D eigenvalue weighted by molar-refractivity contribution is -0.145. The van der Waals surface area contributed by atoms with E-state index in [-0.39, 0.29) is 31.0 Å². The predicted octanol–water partition coefficient (Wildman–Crippen LogP) is 0.502. The largest absolute Gasteiger partial charge is 0.394 e. The first-order chi connectivity index (χ1) is 9.05. The highest BCUT2D eigenvalue weighted by Crippen LogP contribution is 2.21. The molecule has 0 aromatic heterocycles. The average Bonchev–Trinajstić information content (AvgIpc) is 2.47. The second kappa shape index (κ2) is 7.04. The zero-order valence-corrected chi connectivity index (χ0v) is 12.3. The summed E-state index contributed by atoms with van der Waals surface area (Å²) >= 11 is 0. The van der Waals surface area contributed by atoms with Crippen LogP contribution in [0.25, 0.3) is 0 Å². The maximum Gasteiger partial charge on any atom is 0.247 e. The molecule has 0 aliphatic carbocycles. The highest BCUT2D eigenvalue weighted by molar-refractivity contribution is 5.87. The maximum atomic E-state index is 12.5. The minimum absolute atomic E-state index is 0. The minimum Gasteiger partial charge on any atom is -0.394 e. The number of nitrogens with two attached hydrogens (primary N) is 1. The molecule has 1 saturated heterocycles. The molecule has 20 heavy (non-hydrogen) atoms. The molecule has 1 heterocycles. The summed E-state index contributed by atoms with van der Waals surface area (Å²) in [4.78, 5) is 14.2. The van der Waals surface area contributed by atoms with Crippen molar-refractivity contribution in [1.82, 2.24) is 4.90 Å². The van der Waals surface area contributed by atoms with Crippen LogP contribution in [0.3, 0.4) is 0 Å². The molecule has 6 heteroatoms. The Hall–Kier alpha value is -1.14. The van der Waals surface area contributed by atoms with E-state index in [0.717, 1.165) is 5.56 Å². The normalized spacial score (nSPS) is 21.8. The van der Waals surface area contributed by atoms with Gasteiger partial charge in [0, 0.05) is 13.1 Å². The number of nitrogens with zero attached hydrogens (tertiary/aromatic N) is 1. The van der Waals surface area contributed by atoms with E-state index in [1.165, 1.54) is 0 Å². The van der Waals surface area contributed by atoms with Gasteiger partial charge in [-0.15, -0.1) is 12.4 Å². The van der Waals surface area contributed by atoms with Crippen molar-refractivity contribution in [2.24, 2.45) is 5.73 Å². The standard InChI is InChI=1S/C14H20N2O3.ClH/c1-14(15,11-5-3-2-4-6-11)13(18)16-7-8-19-12(9-16)10-17;/h2-6,12,17H,7-10,15H2,1H3;1H. The number of aliphatic hydroxyl groups is 1. The number of benzene rings is 1. The number of ether oxygens (including phenoxy) is 1. The summed E-state index contributed by atoms with van der Waals surface area (Å²) in [5.74, 6) is -0.138. The van der Waals surface area contributed by atoms with Gasteiger partial charge in [0.1, 0.15) is 5.54 Å². The van der Waals surface area contributed by atoms with Crippen molar-refractivity contribution in [3.63, 3.8) is 0 Å². The average molecular weight is 301 g/mol. The predicted molar refractivity (Wildman–Crippen MR) is 78.6 cm³/mol. The van der Waals surface area contributed by atoms with Gasteiger partial charge in [0.05, 0.1) is 19.3 Å². The van der Waals surface area contributed by atoms with Crippen LogP contribution in [0.5, 0.6) is 0 Å². The van der Waals surface area contributed by atoms with E-state index in [4.69, 9.17) is 15.6 Å². The summed E-state index contributed by atoms with van der Waals surface area (Å²) in [5, 5.41) is 9.12. The number of rotatable bonds is 3. The van der Waals surface area contributed by atoms with Crippen LogP contribution >= 0.6 is 12.4 Å². The number of aliphatic hydroxyl groups excluding tert-OH is 1. The van der Waals surface area contributed by atoms with E-state index in [9.17, 15) is 4.79 Å². The van der Waals surface area contributed by atoms with E-state index < -0.39 is 5.54 Å². The van der Waals surface area contributed by atoms with Crippen molar-refractivity contribution < 1.29 is 14.6 Å². The van der Waals surface area contributed by atoms with Crippen LogP contribution in [-0.4, -0.2) is 48.3 Å². The van der Waals surface area contributed by atoms with Gasteiger partial charge in [-0.2, -0.15) is 0 Å². The lowest BCUT2D eigenvalue weighted by atomic mass is 9.91. The molecule has 0 radical (unpaired) electrons. The van der Waals surface area contributed by atoms with E-state index in [1.54, 1.807) is 11.8 Å². The van der Waals surface area contributed by atoms with Crippen molar-refractivity contribution in [1.29, 1.82) is 0 Å². The SMILES string of the molecule is CC(N)(C(=O)N1CCOC(CO)C1)c1ccccc1.Cl. The summed E-state index contributed by atoms with van der Waals surface area (Å²) in [6, 6.07) is 9.32. The van der Waals surface area contributed by atoms with Crippen molar-refractivity contribution in [2.45, 2.75) is 18.6 Å². The third-order valence-electron chi connectivity index (χ3n) is 3.45. The molecule has 0 saturated carbocycles. The van der Waals surface area contributed by atoms with Gasteiger partial charge in [0.2, 0.25) is 5.91 Å². The Labute approximate surface area is 125 Å². The number of halogens is 1. The van der Waals surface area contributed by atoms with E-state index >= 15 is 0 Å². The number of carbonyl (C=O) groups is 1. The van der Waals surface area contributed by atoms with Crippen LogP contribution < -0.4 is 5.73 Å². The quantitative estimate of drug-likeness (QED) is 0.852. The topological polar surface area (TPSA) is 75.8 Å². The Bertz CT molecular complexity index is 439. The number of amides is 1. The fourth-order valence-corrected chi connectivity index (χ4v) is 2.25. The number of hydrogen-bond acceptors (Lipinski definition) is 4. The van der Waals surface area contributed by atoms with Gasteiger partial charge < -0.3 is 20.5 Å². The zero-order chi connectivity index (χ0) is 13.9. The molecule has 1 aliphatic rings. The maximum absolute atomic E-state index is 12.5. The monoisotopic (exact) mass is 300 g/mol. The molecule has 2 unspecified atom stereocenters. The minimum atomic E-state index is -1.06. The Morgan fingerprint density at radius 2 is 2.15 bits per heavy atom. The van der Waals surface area contributed by atoms with Crippen LogP contribution in [0.4, 0.5) is 0 Å². The molecule has 2 atom stereocenters. The number of morpholine rings is 1. The van der Waals surface area contributed by atoms with Crippen LogP contribution in [-0.2, 0) is 15.1 Å². The number of carbonyl (C=O) groups excluding carboxylic acids is 1. The Balaban J connectivity index is 0.00000200. The van der Waals surface area contributed by atoms with Crippen molar-refractivity contribution in [3.8, 4) is 0 Å². The smallest absolute Gasteiger partial charge is 0.247 e. The molecule has 0 bridgehead atoms. The summed E-state index contributed by atoms with van der Waals surface area (Å²) in [6.07, 6.45) is -0.315. The van der Waals surface area contributed by atoms with Crippen LogP contribution in [0.1, 0.15) is 12.5 Å². The van der Waals surface area contributed by atoms with Gasteiger partial charge in [-0.05, 0) is 12.5 Å². The number of hydrogen-bond donors (Lipinski definition) is 2. The van der Waals surface area contributed by atoms with Gasteiger partial charge >= 0.3 is 0 Å². The Morgan fingerprint density at radius 3 is 2.75 bits per heavy atom. The Kier molecular flexibility index (Phi) is 5.95. The molecule has 1 aliphatic heterocycles. The first-order valence-electron chi connectivity index (χ1n) is 6.42. The molecular formula is C14H21ClN2O3. The molecule has 1 aromatic rings. The summed E-state index contributed by atoms with van der Waals surface area (Å²) in [6.45, 7) is 2.95. The molecule has 112 valence electrons. The first kappa shape index (κ1) is 16.9. The molecule has 1 aromatic carbocycles. The second-order valence-electron chi connectivity index (χ2n) is 4.99. The fourth-order valence-electron chi connectivity index (χ4n) is 2.25. The van der Waals surface area contributed by atoms with Crippen molar-refractivity contribution in [2.75, 3.05) is 26.3 Å². The summed E-state index contributed by atoms with van der Waals surface area (Å²) < 4.78 is 5.34. The third-order valence-corrected chi connectivity index (χ3v) is 3.45. The highest BCUT2D eigenvalue weighted by atomic mass is 35.5. The van der Waals surface area contributed by atoms with Gasteiger partial charge in [-0.1, -0.05) is 30.3 Å². The van der Waals surface area contributed by atoms with Crippen LogP contribution in [0, 0.1) is 0 Å². The van der Waals surface area contributed by atoms with Gasteiger partial charge in [-0.25, -0.2) is 0 Å². The van der Waals surface area contributed by atoms with E-state index in [1.807, 2.05) is 30.3 Å². The molecule has 1 fully saturated rings. The van der Waals surface area contributed by atoms with Gasteiger partial charge in [0.25, 0.3) is 0 Å². The fraction of sp³-hybridized carbons (Fsp3) is 0.500. The molecule has 0 spiro atoms. The molecule has 2 rings (SSSR count). The van der Waals surface area contributed by atoms with Crippen LogP contribution in [0.2, 0.25) is 0 Å². The van der Waals surface area contributed by atoms with Crippen molar-refractivity contribution >= 4 is 18.3 Å². The van der Waals surface area contributed by atoms with E-state index in [2.05, 4.69) is 0 Å². The lowest BCUT2D eigenvalue weighted by Gasteiger charge is -2.37. The highest BCUT2D eigenvalue weighted by Gasteiger charge is 2.36. The van der Waals surface area contributed by atoms with Gasteiger partial charge in [-0.3, -0.25) is 4.79 Å². The van der Waals surface area contributed by atoms with E-state index in [0.29, 0.717) is 19.7 Å². The molecule has 3 N–H and O–H groups in total. The summed E-state index contributed by atoms with van der Waals surface area (Å²) in [5.41, 5.74) is 5.93. The summed E-state index contributed by atoms with van der Waals surface area (Å²) in [7, 11) is 0. The van der Waals surface area contributed by atoms with Crippen molar-refractivity contribution in [3.05, 3.63) is 35.9 Å².